The van der Waals surface area contributed by atoms with Crippen molar-refractivity contribution in [2.45, 2.75) is 38.8 Å². The van der Waals surface area contributed by atoms with E-state index >= 15 is 0 Å². The van der Waals surface area contributed by atoms with Gasteiger partial charge in [0.1, 0.15) is 22.8 Å². The molecule has 0 aliphatic carbocycles. The van der Waals surface area contributed by atoms with Gasteiger partial charge in [0.25, 0.3) is 5.91 Å². The molecule has 138 valence electrons. The van der Waals surface area contributed by atoms with Crippen LogP contribution in [0.2, 0.25) is 0 Å². The molecule has 2 aromatic rings. The van der Waals surface area contributed by atoms with Crippen molar-refractivity contribution in [3.05, 3.63) is 53.6 Å². The fraction of sp³-hybridized carbons (Fsp3) is 0.381. The first kappa shape index (κ1) is 18.1. The summed E-state index contributed by atoms with van der Waals surface area (Å²) >= 11 is 0. The highest BCUT2D eigenvalue weighted by Crippen LogP contribution is 2.41. The number of hydrogen-bond donors (Lipinski definition) is 1. The van der Waals surface area contributed by atoms with Crippen LogP contribution < -0.4 is 19.5 Å². The summed E-state index contributed by atoms with van der Waals surface area (Å²) in [6.07, 6.45) is 0.677. The van der Waals surface area contributed by atoms with Crippen LogP contribution in [0.4, 0.5) is 0 Å². The average molecular weight is 355 g/mol. The summed E-state index contributed by atoms with van der Waals surface area (Å²) in [5.41, 5.74) is 1.17. The van der Waals surface area contributed by atoms with Gasteiger partial charge >= 0.3 is 0 Å². The molecule has 0 saturated heterocycles. The fourth-order valence-corrected chi connectivity index (χ4v) is 3.20. The van der Waals surface area contributed by atoms with Crippen LogP contribution in [0, 0.1) is 0 Å². The lowest BCUT2D eigenvalue weighted by Gasteiger charge is -2.38. The predicted molar refractivity (Wildman–Crippen MR) is 100 cm³/mol. The highest BCUT2D eigenvalue weighted by atomic mass is 16.5. The number of amides is 1. The van der Waals surface area contributed by atoms with E-state index < -0.39 is 0 Å². The Balaban J connectivity index is 1.83. The number of nitrogens with one attached hydrogen (secondary N) is 1. The van der Waals surface area contributed by atoms with Gasteiger partial charge in [0.2, 0.25) is 0 Å². The molecule has 0 fully saturated rings. The van der Waals surface area contributed by atoms with Crippen molar-refractivity contribution in [2.75, 3.05) is 13.7 Å². The summed E-state index contributed by atoms with van der Waals surface area (Å²) in [6, 6.07) is 12.7. The Labute approximate surface area is 154 Å². The first-order chi connectivity index (χ1) is 12.4. The first-order valence-electron chi connectivity index (χ1n) is 8.82. The molecule has 1 atom stereocenters. The maximum absolute atomic E-state index is 12.7. The number of carbonyl (C=O) groups is 1. The standard InChI is InChI=1S/C21H25NO4/c1-5-25-15-8-6-14(7-9-15)20(23)22-18-13-21(2,3)26-19-11-10-16(24-4)12-17(18)19/h6-12,18H,5,13H2,1-4H3,(H,22,23)/t18-/m1/s1. The monoisotopic (exact) mass is 355 g/mol. The van der Waals surface area contributed by atoms with Crippen molar-refractivity contribution in [3.63, 3.8) is 0 Å². The van der Waals surface area contributed by atoms with Gasteiger partial charge in [-0.1, -0.05) is 0 Å². The van der Waals surface area contributed by atoms with Crippen LogP contribution in [-0.4, -0.2) is 25.2 Å². The third kappa shape index (κ3) is 3.93. The zero-order valence-electron chi connectivity index (χ0n) is 15.7. The number of ether oxygens (including phenoxy) is 3. The van der Waals surface area contributed by atoms with Gasteiger partial charge in [-0.25, -0.2) is 0 Å². The van der Waals surface area contributed by atoms with Crippen molar-refractivity contribution in [3.8, 4) is 17.2 Å². The SMILES string of the molecule is CCOc1ccc(C(=O)N[C@@H]2CC(C)(C)Oc3ccc(OC)cc32)cc1. The van der Waals surface area contributed by atoms with E-state index in [4.69, 9.17) is 14.2 Å². The molecule has 1 amide bonds. The summed E-state index contributed by atoms with van der Waals surface area (Å²) in [7, 11) is 1.63. The van der Waals surface area contributed by atoms with E-state index in [1.165, 1.54) is 0 Å². The van der Waals surface area contributed by atoms with E-state index in [-0.39, 0.29) is 17.6 Å². The number of fused-ring (bicyclic) bond motifs is 1. The maximum Gasteiger partial charge on any atom is 0.251 e. The molecule has 26 heavy (non-hydrogen) atoms. The highest BCUT2D eigenvalue weighted by molar-refractivity contribution is 5.94. The molecule has 0 aromatic heterocycles. The van der Waals surface area contributed by atoms with Crippen molar-refractivity contribution < 1.29 is 19.0 Å². The van der Waals surface area contributed by atoms with E-state index in [1.807, 2.05) is 51.1 Å². The van der Waals surface area contributed by atoms with Gasteiger partial charge in [-0.15, -0.1) is 0 Å². The molecule has 3 rings (SSSR count). The van der Waals surface area contributed by atoms with Gasteiger partial charge in [-0.2, -0.15) is 0 Å². The Morgan fingerprint density at radius 2 is 1.88 bits per heavy atom. The lowest BCUT2D eigenvalue weighted by atomic mass is 9.89. The number of methoxy groups -OCH3 is 1. The van der Waals surface area contributed by atoms with E-state index in [0.717, 1.165) is 22.8 Å². The number of benzene rings is 2. The molecule has 1 N–H and O–H groups in total. The van der Waals surface area contributed by atoms with Crippen LogP contribution in [-0.2, 0) is 0 Å². The van der Waals surface area contributed by atoms with Gasteiger partial charge in [0.05, 0.1) is 19.8 Å². The Hall–Kier alpha value is -2.69. The average Bonchev–Trinajstić information content (AvgIpc) is 2.61. The molecule has 1 heterocycles. The molecule has 5 heteroatoms. The zero-order valence-corrected chi connectivity index (χ0v) is 15.7. The molecule has 0 unspecified atom stereocenters. The van der Waals surface area contributed by atoms with E-state index in [9.17, 15) is 4.79 Å². The molecule has 0 saturated carbocycles. The summed E-state index contributed by atoms with van der Waals surface area (Å²) in [5, 5.41) is 3.13. The van der Waals surface area contributed by atoms with Gasteiger partial charge in [-0.3, -0.25) is 4.79 Å². The molecule has 1 aliphatic heterocycles. The lowest BCUT2D eigenvalue weighted by molar-refractivity contribution is 0.0618. The third-order valence-corrected chi connectivity index (χ3v) is 4.41. The molecule has 0 spiro atoms. The summed E-state index contributed by atoms with van der Waals surface area (Å²) in [4.78, 5) is 12.7. The normalized spacial score (nSPS) is 17.6. The Kier molecular flexibility index (Phi) is 5.07. The smallest absolute Gasteiger partial charge is 0.251 e. The summed E-state index contributed by atoms with van der Waals surface area (Å²) in [5.74, 6) is 2.15. The first-order valence-corrected chi connectivity index (χ1v) is 8.82. The largest absolute Gasteiger partial charge is 0.497 e. The minimum atomic E-state index is -0.363. The second kappa shape index (κ2) is 7.28. The van der Waals surface area contributed by atoms with Gasteiger partial charge in [0, 0.05) is 17.5 Å². The van der Waals surface area contributed by atoms with E-state index in [1.54, 1.807) is 19.2 Å². The summed E-state index contributed by atoms with van der Waals surface area (Å²) in [6.45, 7) is 6.58. The third-order valence-electron chi connectivity index (χ3n) is 4.41. The quantitative estimate of drug-likeness (QED) is 0.876. The predicted octanol–water partition coefficient (Wildman–Crippen LogP) is 4.13. The zero-order chi connectivity index (χ0) is 18.7. The van der Waals surface area contributed by atoms with Crippen LogP contribution in [0.5, 0.6) is 17.2 Å². The second-order valence-corrected chi connectivity index (χ2v) is 6.95. The molecule has 1 aliphatic rings. The number of carbonyl (C=O) groups excluding carboxylic acids is 1. The van der Waals surface area contributed by atoms with E-state index in [0.29, 0.717) is 18.6 Å². The molecule has 0 radical (unpaired) electrons. The van der Waals surface area contributed by atoms with Crippen LogP contribution in [0.25, 0.3) is 0 Å². The van der Waals surface area contributed by atoms with Gasteiger partial charge in [-0.05, 0) is 63.2 Å². The topological polar surface area (TPSA) is 56.8 Å². The van der Waals surface area contributed by atoms with Crippen molar-refractivity contribution in [1.82, 2.24) is 5.32 Å². The van der Waals surface area contributed by atoms with E-state index in [2.05, 4.69) is 5.32 Å². The molecule has 2 aromatic carbocycles. The van der Waals surface area contributed by atoms with Crippen LogP contribution in [0.15, 0.2) is 42.5 Å². The Bertz CT molecular complexity index is 783. The van der Waals surface area contributed by atoms with Gasteiger partial charge < -0.3 is 19.5 Å². The van der Waals surface area contributed by atoms with Crippen molar-refractivity contribution in [2.24, 2.45) is 0 Å². The Morgan fingerprint density at radius 3 is 2.54 bits per heavy atom. The van der Waals surface area contributed by atoms with Crippen LogP contribution in [0.1, 0.15) is 49.2 Å². The minimum Gasteiger partial charge on any atom is -0.497 e. The highest BCUT2D eigenvalue weighted by Gasteiger charge is 2.35. The van der Waals surface area contributed by atoms with Crippen molar-refractivity contribution in [1.29, 1.82) is 0 Å². The number of hydrogen-bond acceptors (Lipinski definition) is 4. The van der Waals surface area contributed by atoms with Crippen LogP contribution in [0.3, 0.4) is 0 Å². The summed E-state index contributed by atoms with van der Waals surface area (Å²) < 4.78 is 16.8. The minimum absolute atomic E-state index is 0.121. The molecular formula is C21H25NO4. The lowest BCUT2D eigenvalue weighted by Crippen LogP contribution is -2.41. The molecule has 5 nitrogen and oxygen atoms in total. The van der Waals surface area contributed by atoms with Gasteiger partial charge in [0.15, 0.2) is 0 Å². The number of rotatable bonds is 5. The fourth-order valence-electron chi connectivity index (χ4n) is 3.20. The Morgan fingerprint density at radius 1 is 1.19 bits per heavy atom. The van der Waals surface area contributed by atoms with Crippen molar-refractivity contribution >= 4 is 5.91 Å². The maximum atomic E-state index is 12.7. The molecular weight excluding hydrogens is 330 g/mol. The van der Waals surface area contributed by atoms with Crippen LogP contribution >= 0.6 is 0 Å². The molecule has 0 bridgehead atoms. The second-order valence-electron chi connectivity index (χ2n) is 6.95.